The lowest BCUT2D eigenvalue weighted by Gasteiger charge is -2.06. The zero-order valence-electron chi connectivity index (χ0n) is 11.4. The third kappa shape index (κ3) is 2.46. The Labute approximate surface area is 124 Å². The summed E-state index contributed by atoms with van der Waals surface area (Å²) < 4.78 is 6.48. The minimum Gasteiger partial charge on any atom is -0.480 e. The molecule has 0 bridgehead atoms. The monoisotopic (exact) mass is 298 g/mol. The van der Waals surface area contributed by atoms with Crippen molar-refractivity contribution < 1.29 is 14.6 Å². The fourth-order valence-electron chi connectivity index (χ4n) is 1.79. The van der Waals surface area contributed by atoms with Crippen LogP contribution in [-0.4, -0.2) is 48.1 Å². The van der Waals surface area contributed by atoms with Crippen molar-refractivity contribution in [1.29, 1.82) is 0 Å². The Balaban J connectivity index is 1.99. The summed E-state index contributed by atoms with van der Waals surface area (Å²) in [5.74, 6) is -0.262. The number of carbonyl (C=O) groups is 1. The number of carboxylic acid groups (broad SMARTS) is 1. The Bertz CT molecular complexity index is 797. The number of methoxy groups -OCH3 is 1. The van der Waals surface area contributed by atoms with Crippen molar-refractivity contribution in [2.45, 2.75) is 0 Å². The van der Waals surface area contributed by atoms with E-state index in [0.717, 1.165) is 0 Å². The number of rotatable bonds is 4. The Hall–Kier alpha value is -3.36. The van der Waals surface area contributed by atoms with Gasteiger partial charge in [-0.2, -0.15) is 5.10 Å². The number of hydrogen-bond donors (Lipinski definition) is 1. The van der Waals surface area contributed by atoms with Crippen molar-refractivity contribution in [3.63, 3.8) is 0 Å². The maximum atomic E-state index is 10.8. The Morgan fingerprint density at radius 1 is 1.18 bits per heavy atom. The summed E-state index contributed by atoms with van der Waals surface area (Å²) >= 11 is 0. The molecule has 0 saturated carbocycles. The minimum atomic E-state index is -1.13. The van der Waals surface area contributed by atoms with E-state index < -0.39 is 5.97 Å². The second-order valence-electron chi connectivity index (χ2n) is 4.15. The molecular weight excluding hydrogens is 288 g/mol. The second kappa shape index (κ2) is 5.56. The molecule has 0 aromatic carbocycles. The summed E-state index contributed by atoms with van der Waals surface area (Å²) in [6, 6.07) is 5.07. The summed E-state index contributed by atoms with van der Waals surface area (Å²) in [5, 5.41) is 20.9. The Kier molecular flexibility index (Phi) is 3.44. The van der Waals surface area contributed by atoms with Crippen LogP contribution in [0.5, 0.6) is 5.88 Å². The molecule has 9 heteroatoms. The van der Waals surface area contributed by atoms with E-state index in [1.807, 2.05) is 0 Å². The molecule has 1 N–H and O–H groups in total. The molecule has 0 aliphatic heterocycles. The van der Waals surface area contributed by atoms with Crippen molar-refractivity contribution in [2.24, 2.45) is 0 Å². The number of aromatic nitrogens is 6. The highest BCUT2D eigenvalue weighted by atomic mass is 16.5. The van der Waals surface area contributed by atoms with Gasteiger partial charge in [0.05, 0.1) is 31.4 Å². The molecule has 0 radical (unpaired) electrons. The van der Waals surface area contributed by atoms with Crippen LogP contribution in [-0.2, 0) is 0 Å². The molecule has 0 atom stereocenters. The van der Waals surface area contributed by atoms with E-state index in [1.54, 1.807) is 24.4 Å². The molecule has 22 heavy (non-hydrogen) atoms. The van der Waals surface area contributed by atoms with E-state index in [2.05, 4.69) is 25.3 Å². The molecule has 110 valence electrons. The fraction of sp³-hybridized carbons (Fsp3) is 0.0769. The number of hydrogen-bond acceptors (Lipinski definition) is 7. The zero-order valence-corrected chi connectivity index (χ0v) is 11.4. The molecule has 3 heterocycles. The van der Waals surface area contributed by atoms with Crippen LogP contribution >= 0.6 is 0 Å². The minimum absolute atomic E-state index is 0.126. The molecule has 0 unspecified atom stereocenters. The maximum Gasteiger partial charge on any atom is 0.356 e. The smallest absolute Gasteiger partial charge is 0.356 e. The molecule has 0 aliphatic carbocycles. The van der Waals surface area contributed by atoms with Crippen LogP contribution in [0.2, 0.25) is 0 Å². The molecular formula is C13H10N6O3. The first-order chi connectivity index (χ1) is 10.7. The lowest BCUT2D eigenvalue weighted by molar-refractivity contribution is 0.0690. The van der Waals surface area contributed by atoms with Gasteiger partial charge < -0.3 is 9.84 Å². The predicted octanol–water partition coefficient (Wildman–Crippen LogP) is 0.826. The summed E-state index contributed by atoms with van der Waals surface area (Å²) in [5.41, 5.74) is 0.961. The molecule has 0 aliphatic rings. The van der Waals surface area contributed by atoms with Crippen molar-refractivity contribution >= 4 is 5.97 Å². The van der Waals surface area contributed by atoms with Gasteiger partial charge in [-0.1, -0.05) is 0 Å². The molecule has 0 spiro atoms. The summed E-state index contributed by atoms with van der Waals surface area (Å²) in [7, 11) is 1.50. The van der Waals surface area contributed by atoms with Crippen molar-refractivity contribution in [2.75, 3.05) is 7.11 Å². The first kappa shape index (κ1) is 13.6. The molecule has 3 rings (SSSR count). The van der Waals surface area contributed by atoms with Crippen molar-refractivity contribution in [3.8, 4) is 23.1 Å². The number of nitrogens with zero attached hydrogens (tertiary/aromatic N) is 6. The van der Waals surface area contributed by atoms with Crippen LogP contribution in [0.25, 0.3) is 17.2 Å². The topological polar surface area (TPSA) is 116 Å². The third-order valence-corrected chi connectivity index (χ3v) is 2.83. The average Bonchev–Trinajstić information content (AvgIpc) is 3.04. The molecule has 9 nitrogen and oxygen atoms in total. The van der Waals surface area contributed by atoms with Gasteiger partial charge in [-0.3, -0.25) is 4.98 Å². The highest BCUT2D eigenvalue weighted by Crippen LogP contribution is 2.19. The van der Waals surface area contributed by atoms with Gasteiger partial charge in [0.25, 0.3) is 0 Å². The third-order valence-electron chi connectivity index (χ3n) is 2.83. The molecule has 3 aromatic rings. The lowest BCUT2D eigenvalue weighted by atomic mass is 10.3. The average molecular weight is 298 g/mol. The van der Waals surface area contributed by atoms with Gasteiger partial charge in [-0.25, -0.2) is 14.5 Å². The van der Waals surface area contributed by atoms with Gasteiger partial charge in [-0.15, -0.1) is 10.2 Å². The molecule has 3 aromatic heterocycles. The van der Waals surface area contributed by atoms with Crippen LogP contribution in [0.3, 0.4) is 0 Å². The number of aromatic carboxylic acids is 1. The number of carboxylic acids is 1. The molecule has 0 saturated heterocycles. The van der Waals surface area contributed by atoms with Crippen LogP contribution in [0.1, 0.15) is 10.5 Å². The molecule has 0 fully saturated rings. The summed E-state index contributed by atoms with van der Waals surface area (Å²) in [6.45, 7) is 0. The van der Waals surface area contributed by atoms with Crippen LogP contribution in [0.4, 0.5) is 0 Å². The van der Waals surface area contributed by atoms with E-state index in [0.29, 0.717) is 23.1 Å². The Morgan fingerprint density at radius 2 is 2.05 bits per heavy atom. The standard InChI is InChI=1S/C13H10N6O3/c1-22-12-3-2-11(17-18-12)19-10(4-5-16-19)8-6-15-9(7-14-8)13(20)21/h2-7H,1H3,(H,20,21). The first-order valence-corrected chi connectivity index (χ1v) is 6.17. The highest BCUT2D eigenvalue weighted by molar-refractivity contribution is 5.85. The van der Waals surface area contributed by atoms with Gasteiger partial charge >= 0.3 is 5.97 Å². The predicted molar refractivity (Wildman–Crippen MR) is 73.7 cm³/mol. The van der Waals surface area contributed by atoms with Gasteiger partial charge in [0.2, 0.25) is 5.88 Å². The largest absolute Gasteiger partial charge is 0.480 e. The van der Waals surface area contributed by atoms with E-state index in [1.165, 1.54) is 24.2 Å². The van der Waals surface area contributed by atoms with Crippen LogP contribution in [0, 0.1) is 0 Å². The van der Waals surface area contributed by atoms with E-state index in [-0.39, 0.29) is 5.69 Å². The van der Waals surface area contributed by atoms with Crippen molar-refractivity contribution in [1.82, 2.24) is 29.9 Å². The summed E-state index contributed by atoms with van der Waals surface area (Å²) in [6.07, 6.45) is 4.14. The first-order valence-electron chi connectivity index (χ1n) is 6.17. The summed E-state index contributed by atoms with van der Waals surface area (Å²) in [4.78, 5) is 18.7. The molecule has 0 amide bonds. The van der Waals surface area contributed by atoms with E-state index in [9.17, 15) is 4.79 Å². The van der Waals surface area contributed by atoms with Gasteiger partial charge in [-0.05, 0) is 12.1 Å². The lowest BCUT2D eigenvalue weighted by Crippen LogP contribution is -2.05. The second-order valence-corrected chi connectivity index (χ2v) is 4.15. The zero-order chi connectivity index (χ0) is 15.5. The van der Waals surface area contributed by atoms with Crippen LogP contribution in [0.15, 0.2) is 36.8 Å². The van der Waals surface area contributed by atoms with Crippen LogP contribution < -0.4 is 4.74 Å². The quantitative estimate of drug-likeness (QED) is 0.752. The Morgan fingerprint density at radius 3 is 2.64 bits per heavy atom. The van der Waals surface area contributed by atoms with E-state index >= 15 is 0 Å². The normalized spacial score (nSPS) is 10.4. The van der Waals surface area contributed by atoms with Gasteiger partial charge in [0.15, 0.2) is 11.5 Å². The van der Waals surface area contributed by atoms with Crippen molar-refractivity contribution in [3.05, 3.63) is 42.5 Å². The fourth-order valence-corrected chi connectivity index (χ4v) is 1.79. The van der Waals surface area contributed by atoms with Gasteiger partial charge in [0, 0.05) is 6.07 Å². The maximum absolute atomic E-state index is 10.8. The SMILES string of the molecule is COc1ccc(-n2nccc2-c2cnc(C(=O)O)cn2)nn1. The van der Waals surface area contributed by atoms with Gasteiger partial charge in [0.1, 0.15) is 5.69 Å². The van der Waals surface area contributed by atoms with E-state index in [4.69, 9.17) is 9.84 Å². The highest BCUT2D eigenvalue weighted by Gasteiger charge is 2.12. The number of ether oxygens (including phenoxy) is 1.